The van der Waals surface area contributed by atoms with Crippen LogP contribution in [0.4, 0.5) is 5.82 Å². The van der Waals surface area contributed by atoms with Crippen molar-refractivity contribution in [2.45, 2.75) is 13.5 Å². The summed E-state index contributed by atoms with van der Waals surface area (Å²) in [5, 5.41) is 0. The Labute approximate surface area is 71.2 Å². The van der Waals surface area contributed by atoms with Crippen molar-refractivity contribution in [1.82, 2.24) is 4.57 Å². The molecule has 0 spiro atoms. The first kappa shape index (κ1) is 7.40. The lowest BCUT2D eigenvalue weighted by Crippen LogP contribution is -2.17. The predicted octanol–water partition coefficient (Wildman–Crippen LogP) is 0.607. The van der Waals surface area contributed by atoms with Crippen molar-refractivity contribution in [3.05, 3.63) is 28.0 Å². The Morgan fingerprint density at radius 3 is 2.83 bits per heavy atom. The quantitative estimate of drug-likeness (QED) is 0.561. The smallest absolute Gasteiger partial charge is 0.252 e. The molecule has 0 saturated carbocycles. The Morgan fingerprint density at radius 2 is 2.08 bits per heavy atom. The zero-order chi connectivity index (χ0) is 8.72. The zero-order valence-electron chi connectivity index (χ0n) is 7.37. The molecule has 64 valence electrons. The molecule has 0 N–H and O–H groups in total. The second kappa shape index (κ2) is 2.37. The molecule has 0 amide bonds. The average Bonchev–Trinajstić information content (AvgIpc) is 2.33. The third kappa shape index (κ3) is 0.932. The number of hydrogen-bond acceptors (Lipinski definition) is 2. The SMILES string of the molecule is Cc1cc2n(c(=O)c1)CCN2C. The minimum Gasteiger partial charge on any atom is -0.359 e. The van der Waals surface area contributed by atoms with Gasteiger partial charge in [-0.1, -0.05) is 0 Å². The molecule has 1 aliphatic rings. The van der Waals surface area contributed by atoms with Gasteiger partial charge in [0.25, 0.3) is 5.56 Å². The highest BCUT2D eigenvalue weighted by atomic mass is 16.1. The summed E-state index contributed by atoms with van der Waals surface area (Å²) in [6.07, 6.45) is 0. The topological polar surface area (TPSA) is 25.2 Å². The average molecular weight is 164 g/mol. The lowest BCUT2D eigenvalue weighted by molar-refractivity contribution is 0.763. The first-order chi connectivity index (χ1) is 5.68. The summed E-state index contributed by atoms with van der Waals surface area (Å²) in [6, 6.07) is 3.73. The van der Waals surface area contributed by atoms with Crippen LogP contribution in [0.25, 0.3) is 0 Å². The molecule has 2 heterocycles. The zero-order valence-corrected chi connectivity index (χ0v) is 7.37. The first-order valence-corrected chi connectivity index (χ1v) is 4.11. The van der Waals surface area contributed by atoms with E-state index in [0.29, 0.717) is 0 Å². The third-order valence-electron chi connectivity index (χ3n) is 2.30. The highest BCUT2D eigenvalue weighted by molar-refractivity contribution is 5.44. The van der Waals surface area contributed by atoms with Gasteiger partial charge in [-0.15, -0.1) is 0 Å². The second-order valence-corrected chi connectivity index (χ2v) is 3.30. The molecule has 0 radical (unpaired) electrons. The molecule has 0 atom stereocenters. The van der Waals surface area contributed by atoms with Crippen LogP contribution in [0.5, 0.6) is 0 Å². The Balaban J connectivity index is 2.68. The first-order valence-electron chi connectivity index (χ1n) is 4.11. The molecule has 0 fully saturated rings. The maximum atomic E-state index is 11.4. The molecule has 3 nitrogen and oxygen atoms in total. The summed E-state index contributed by atoms with van der Waals surface area (Å²) >= 11 is 0. The monoisotopic (exact) mass is 164 g/mol. The Bertz CT molecular complexity index is 367. The summed E-state index contributed by atoms with van der Waals surface area (Å²) in [5.74, 6) is 1.04. The van der Waals surface area contributed by atoms with Crippen molar-refractivity contribution in [2.75, 3.05) is 18.5 Å². The maximum absolute atomic E-state index is 11.4. The number of aryl methyl sites for hydroxylation is 1. The van der Waals surface area contributed by atoms with Gasteiger partial charge in [-0.05, 0) is 18.6 Å². The van der Waals surface area contributed by atoms with Crippen LogP contribution in [0.3, 0.4) is 0 Å². The Hall–Kier alpha value is -1.25. The summed E-state index contributed by atoms with van der Waals surface area (Å²) in [4.78, 5) is 13.5. The van der Waals surface area contributed by atoms with Crippen LogP contribution in [0.1, 0.15) is 5.56 Å². The highest BCUT2D eigenvalue weighted by Crippen LogP contribution is 2.17. The largest absolute Gasteiger partial charge is 0.359 e. The van der Waals surface area contributed by atoms with Crippen molar-refractivity contribution in [3.63, 3.8) is 0 Å². The normalized spacial score (nSPS) is 15.0. The lowest BCUT2D eigenvalue weighted by Gasteiger charge is -2.10. The Morgan fingerprint density at radius 1 is 1.33 bits per heavy atom. The third-order valence-corrected chi connectivity index (χ3v) is 2.30. The number of anilines is 1. The van der Waals surface area contributed by atoms with Crippen LogP contribution in [0, 0.1) is 6.92 Å². The van der Waals surface area contributed by atoms with E-state index in [4.69, 9.17) is 0 Å². The fourth-order valence-corrected chi connectivity index (χ4v) is 1.61. The van der Waals surface area contributed by atoms with Crippen LogP contribution >= 0.6 is 0 Å². The van der Waals surface area contributed by atoms with E-state index in [0.717, 1.165) is 24.5 Å². The number of aromatic nitrogens is 1. The molecule has 2 rings (SSSR count). The fraction of sp³-hybridized carbons (Fsp3) is 0.444. The van der Waals surface area contributed by atoms with Crippen LogP contribution in [0.15, 0.2) is 16.9 Å². The summed E-state index contributed by atoms with van der Waals surface area (Å²) < 4.78 is 1.81. The van der Waals surface area contributed by atoms with Crippen molar-refractivity contribution in [2.24, 2.45) is 0 Å². The van der Waals surface area contributed by atoms with Gasteiger partial charge in [-0.25, -0.2) is 0 Å². The van der Waals surface area contributed by atoms with Crippen LogP contribution in [0.2, 0.25) is 0 Å². The molecule has 0 aliphatic carbocycles. The van der Waals surface area contributed by atoms with E-state index in [1.165, 1.54) is 0 Å². The summed E-state index contributed by atoms with van der Waals surface area (Å²) in [5.41, 5.74) is 1.16. The number of nitrogens with zero attached hydrogens (tertiary/aromatic N) is 2. The van der Waals surface area contributed by atoms with Gasteiger partial charge in [-0.2, -0.15) is 0 Å². The van der Waals surface area contributed by atoms with E-state index >= 15 is 0 Å². The molecule has 0 saturated heterocycles. The Kier molecular flexibility index (Phi) is 1.46. The van der Waals surface area contributed by atoms with Gasteiger partial charge in [0.1, 0.15) is 5.82 Å². The minimum atomic E-state index is 0.120. The van der Waals surface area contributed by atoms with Crippen LogP contribution < -0.4 is 10.5 Å². The van der Waals surface area contributed by atoms with Crippen molar-refractivity contribution in [1.29, 1.82) is 0 Å². The fourth-order valence-electron chi connectivity index (χ4n) is 1.61. The van der Waals surface area contributed by atoms with Gasteiger partial charge >= 0.3 is 0 Å². The molecule has 3 heteroatoms. The van der Waals surface area contributed by atoms with Crippen molar-refractivity contribution < 1.29 is 0 Å². The molecule has 1 aliphatic heterocycles. The number of rotatable bonds is 0. The van der Waals surface area contributed by atoms with E-state index in [-0.39, 0.29) is 5.56 Å². The molecule has 0 unspecified atom stereocenters. The van der Waals surface area contributed by atoms with Gasteiger partial charge in [-0.3, -0.25) is 9.36 Å². The van der Waals surface area contributed by atoms with Crippen LogP contribution in [-0.2, 0) is 6.54 Å². The lowest BCUT2D eigenvalue weighted by atomic mass is 10.3. The van der Waals surface area contributed by atoms with Gasteiger partial charge < -0.3 is 4.90 Å². The van der Waals surface area contributed by atoms with E-state index in [9.17, 15) is 4.79 Å². The number of hydrogen-bond donors (Lipinski definition) is 0. The highest BCUT2D eigenvalue weighted by Gasteiger charge is 2.15. The van der Waals surface area contributed by atoms with Gasteiger partial charge in [0.2, 0.25) is 0 Å². The van der Waals surface area contributed by atoms with Gasteiger partial charge in [0, 0.05) is 26.2 Å². The minimum absolute atomic E-state index is 0.120. The van der Waals surface area contributed by atoms with Gasteiger partial charge in [0.15, 0.2) is 0 Å². The molecular formula is C9H12N2O. The molecule has 0 bridgehead atoms. The summed E-state index contributed by atoms with van der Waals surface area (Å²) in [6.45, 7) is 3.72. The standard InChI is InChI=1S/C9H12N2O/c1-7-5-8-10(2)3-4-11(8)9(12)6-7/h5-6H,3-4H2,1-2H3. The van der Waals surface area contributed by atoms with E-state index in [1.54, 1.807) is 6.07 Å². The number of pyridine rings is 1. The molecule has 12 heavy (non-hydrogen) atoms. The van der Waals surface area contributed by atoms with Crippen molar-refractivity contribution in [3.8, 4) is 0 Å². The van der Waals surface area contributed by atoms with Gasteiger partial charge in [0.05, 0.1) is 0 Å². The van der Waals surface area contributed by atoms with E-state index < -0.39 is 0 Å². The number of likely N-dealkylation sites (N-methyl/N-ethyl adjacent to an activating group) is 1. The predicted molar refractivity (Wildman–Crippen MR) is 48.7 cm³/mol. The van der Waals surface area contributed by atoms with Crippen molar-refractivity contribution >= 4 is 5.82 Å². The second-order valence-electron chi connectivity index (χ2n) is 3.30. The van der Waals surface area contributed by atoms with E-state index in [1.807, 2.05) is 18.5 Å². The molecule has 1 aromatic rings. The van der Waals surface area contributed by atoms with E-state index in [2.05, 4.69) is 11.0 Å². The molecule has 0 aromatic carbocycles. The van der Waals surface area contributed by atoms with Crippen LogP contribution in [-0.4, -0.2) is 18.2 Å². The number of fused-ring (bicyclic) bond motifs is 1. The molecule has 1 aromatic heterocycles. The molecular weight excluding hydrogens is 152 g/mol. The maximum Gasteiger partial charge on any atom is 0.252 e. The summed E-state index contributed by atoms with van der Waals surface area (Å²) in [7, 11) is 2.01.